The van der Waals surface area contributed by atoms with E-state index in [2.05, 4.69) is 27.2 Å². The van der Waals surface area contributed by atoms with Gasteiger partial charge < -0.3 is 15.0 Å². The van der Waals surface area contributed by atoms with Gasteiger partial charge >= 0.3 is 5.69 Å². The molecule has 0 bridgehead atoms. The summed E-state index contributed by atoms with van der Waals surface area (Å²) in [6.07, 6.45) is 4.88. The molecule has 2 saturated heterocycles. The Morgan fingerprint density at radius 1 is 1.30 bits per heavy atom. The van der Waals surface area contributed by atoms with Crippen LogP contribution in [0.1, 0.15) is 25.3 Å². The van der Waals surface area contributed by atoms with Crippen molar-refractivity contribution in [1.29, 1.82) is 0 Å². The number of hydrogen-bond donors (Lipinski definition) is 2. The first-order valence-corrected chi connectivity index (χ1v) is 8.37. The fraction of sp³-hybridized carbons (Fsp3) is 0.625. The summed E-state index contributed by atoms with van der Waals surface area (Å²) < 4.78 is 7.92. The number of nitrogens with one attached hydrogen (secondary N) is 2. The van der Waals surface area contributed by atoms with Crippen molar-refractivity contribution in [2.45, 2.75) is 31.4 Å². The topological polar surface area (TPSA) is 75.2 Å². The molecule has 0 spiro atoms. The highest BCUT2D eigenvalue weighted by Gasteiger charge is 2.23. The van der Waals surface area contributed by atoms with Crippen LogP contribution in [-0.4, -0.2) is 58.8 Å². The number of aromatic nitrogens is 3. The SMILES string of the molecule is CN1CC[C@@H](Oc2cnc3[nH]c(=O)n(C4CCNCC4)c3c2)C1. The van der Waals surface area contributed by atoms with Crippen LogP contribution in [0.25, 0.3) is 11.2 Å². The van der Waals surface area contributed by atoms with E-state index in [4.69, 9.17) is 4.74 Å². The highest BCUT2D eigenvalue weighted by atomic mass is 16.5. The molecule has 0 saturated carbocycles. The Kier molecular flexibility index (Phi) is 3.82. The third kappa shape index (κ3) is 2.86. The van der Waals surface area contributed by atoms with Crippen LogP contribution in [0, 0.1) is 0 Å². The summed E-state index contributed by atoms with van der Waals surface area (Å²) >= 11 is 0. The molecule has 2 aliphatic rings. The minimum Gasteiger partial charge on any atom is -0.487 e. The van der Waals surface area contributed by atoms with Crippen LogP contribution in [0.5, 0.6) is 5.75 Å². The normalized spacial score (nSPS) is 23.6. The van der Waals surface area contributed by atoms with Crippen molar-refractivity contribution in [2.24, 2.45) is 0 Å². The Labute approximate surface area is 134 Å². The van der Waals surface area contributed by atoms with Gasteiger partial charge in [0, 0.05) is 25.2 Å². The van der Waals surface area contributed by atoms with Crippen LogP contribution in [0.4, 0.5) is 0 Å². The van der Waals surface area contributed by atoms with Gasteiger partial charge in [0.2, 0.25) is 0 Å². The summed E-state index contributed by atoms with van der Waals surface area (Å²) in [5.74, 6) is 0.750. The van der Waals surface area contributed by atoms with Crippen molar-refractivity contribution in [2.75, 3.05) is 33.2 Å². The van der Waals surface area contributed by atoms with E-state index in [9.17, 15) is 4.79 Å². The number of ether oxygens (including phenoxy) is 1. The van der Waals surface area contributed by atoms with Crippen LogP contribution in [0.2, 0.25) is 0 Å². The van der Waals surface area contributed by atoms with Crippen molar-refractivity contribution in [3.8, 4) is 5.75 Å². The van der Waals surface area contributed by atoms with E-state index in [1.807, 2.05) is 10.6 Å². The number of fused-ring (bicyclic) bond motifs is 1. The predicted octanol–water partition coefficient (Wildman–Crippen LogP) is 0.732. The molecule has 2 N–H and O–H groups in total. The largest absolute Gasteiger partial charge is 0.487 e. The molecular weight excluding hydrogens is 294 g/mol. The van der Waals surface area contributed by atoms with Crippen LogP contribution < -0.4 is 15.7 Å². The molecule has 124 valence electrons. The van der Waals surface area contributed by atoms with Gasteiger partial charge in [-0.05, 0) is 39.4 Å². The molecule has 0 unspecified atom stereocenters. The van der Waals surface area contributed by atoms with E-state index in [1.165, 1.54) is 0 Å². The Balaban J connectivity index is 1.65. The molecule has 4 rings (SSSR count). The van der Waals surface area contributed by atoms with Crippen molar-refractivity contribution in [3.05, 3.63) is 22.7 Å². The van der Waals surface area contributed by atoms with Gasteiger partial charge in [-0.25, -0.2) is 9.78 Å². The zero-order valence-corrected chi connectivity index (χ0v) is 13.4. The van der Waals surface area contributed by atoms with Crippen LogP contribution in [0.3, 0.4) is 0 Å². The van der Waals surface area contributed by atoms with Crippen molar-refractivity contribution in [3.63, 3.8) is 0 Å². The zero-order valence-electron chi connectivity index (χ0n) is 13.4. The van der Waals surface area contributed by atoms with Crippen LogP contribution in [-0.2, 0) is 0 Å². The maximum Gasteiger partial charge on any atom is 0.327 e. The Bertz CT molecular complexity index is 746. The van der Waals surface area contributed by atoms with E-state index in [0.717, 1.165) is 56.7 Å². The molecule has 2 aromatic rings. The number of aromatic amines is 1. The second-order valence-electron chi connectivity index (χ2n) is 6.61. The lowest BCUT2D eigenvalue weighted by Crippen LogP contribution is -2.33. The molecular formula is C16H23N5O2. The number of hydrogen-bond acceptors (Lipinski definition) is 5. The lowest BCUT2D eigenvalue weighted by atomic mass is 10.1. The van der Waals surface area contributed by atoms with Gasteiger partial charge in [0.05, 0.1) is 11.7 Å². The fourth-order valence-corrected chi connectivity index (χ4v) is 3.66. The van der Waals surface area contributed by atoms with E-state index >= 15 is 0 Å². The number of H-pyrrole nitrogens is 1. The van der Waals surface area contributed by atoms with Gasteiger partial charge in [0.1, 0.15) is 11.9 Å². The Morgan fingerprint density at radius 3 is 2.87 bits per heavy atom. The standard InChI is InChI=1S/C16H23N5O2/c1-20-7-4-12(10-20)23-13-8-14-15(18-9-13)19-16(22)21(14)11-2-5-17-6-3-11/h8-9,11-12,17H,2-7,10H2,1H3,(H,18,19,22)/t12-/m1/s1. The molecule has 7 nitrogen and oxygen atoms in total. The molecule has 1 atom stereocenters. The first-order valence-electron chi connectivity index (χ1n) is 8.37. The highest BCUT2D eigenvalue weighted by Crippen LogP contribution is 2.25. The second-order valence-corrected chi connectivity index (χ2v) is 6.61. The van der Waals surface area contributed by atoms with Gasteiger partial charge in [-0.3, -0.25) is 9.55 Å². The maximum absolute atomic E-state index is 12.3. The number of likely N-dealkylation sites (tertiary alicyclic amines) is 1. The van der Waals surface area contributed by atoms with E-state index in [1.54, 1.807) is 6.20 Å². The molecule has 4 heterocycles. The van der Waals surface area contributed by atoms with Gasteiger partial charge in [0.25, 0.3) is 0 Å². The molecule has 2 aliphatic heterocycles. The predicted molar refractivity (Wildman–Crippen MR) is 88.0 cm³/mol. The maximum atomic E-state index is 12.3. The molecule has 2 aromatic heterocycles. The van der Waals surface area contributed by atoms with E-state index in [-0.39, 0.29) is 17.8 Å². The molecule has 0 aliphatic carbocycles. The summed E-state index contributed by atoms with van der Waals surface area (Å²) in [6.45, 7) is 3.89. The van der Waals surface area contributed by atoms with Gasteiger partial charge in [0.15, 0.2) is 5.65 Å². The minimum absolute atomic E-state index is 0.0721. The average Bonchev–Trinajstić information content (AvgIpc) is 3.10. The molecule has 2 fully saturated rings. The fourth-order valence-electron chi connectivity index (χ4n) is 3.66. The monoisotopic (exact) mass is 317 g/mol. The lowest BCUT2D eigenvalue weighted by Gasteiger charge is -2.23. The Hall–Kier alpha value is -1.86. The molecule has 23 heavy (non-hydrogen) atoms. The summed E-state index contributed by atoms with van der Waals surface area (Å²) in [7, 11) is 2.10. The number of nitrogens with zero attached hydrogens (tertiary/aromatic N) is 3. The quantitative estimate of drug-likeness (QED) is 0.873. The molecule has 7 heteroatoms. The number of rotatable bonds is 3. The minimum atomic E-state index is -0.0721. The molecule has 0 aromatic carbocycles. The van der Waals surface area contributed by atoms with Crippen molar-refractivity contribution < 1.29 is 4.74 Å². The summed E-state index contributed by atoms with van der Waals surface area (Å²) in [5.41, 5.74) is 1.42. The first kappa shape index (κ1) is 14.7. The summed E-state index contributed by atoms with van der Waals surface area (Å²) in [4.78, 5) is 21.9. The highest BCUT2D eigenvalue weighted by molar-refractivity contribution is 5.72. The number of piperidine rings is 1. The lowest BCUT2D eigenvalue weighted by molar-refractivity contribution is 0.207. The third-order valence-corrected chi connectivity index (χ3v) is 4.87. The Morgan fingerprint density at radius 2 is 2.13 bits per heavy atom. The van der Waals surface area contributed by atoms with Gasteiger partial charge in [-0.15, -0.1) is 0 Å². The smallest absolute Gasteiger partial charge is 0.327 e. The molecule has 0 amide bonds. The third-order valence-electron chi connectivity index (χ3n) is 4.87. The van der Waals surface area contributed by atoms with E-state index in [0.29, 0.717) is 5.65 Å². The number of likely N-dealkylation sites (N-methyl/N-ethyl adjacent to an activating group) is 1. The van der Waals surface area contributed by atoms with Crippen LogP contribution in [0.15, 0.2) is 17.1 Å². The first-order chi connectivity index (χ1) is 11.2. The molecule has 0 radical (unpaired) electrons. The van der Waals surface area contributed by atoms with Gasteiger partial charge in [-0.2, -0.15) is 0 Å². The van der Waals surface area contributed by atoms with E-state index < -0.39 is 0 Å². The summed E-state index contributed by atoms with van der Waals surface area (Å²) in [5, 5.41) is 3.34. The average molecular weight is 317 g/mol. The summed E-state index contributed by atoms with van der Waals surface area (Å²) in [6, 6.07) is 2.19. The zero-order chi connectivity index (χ0) is 15.8. The van der Waals surface area contributed by atoms with Crippen molar-refractivity contribution in [1.82, 2.24) is 24.8 Å². The van der Waals surface area contributed by atoms with Crippen LogP contribution >= 0.6 is 0 Å². The number of imidazole rings is 1. The van der Waals surface area contributed by atoms with Crippen molar-refractivity contribution >= 4 is 11.2 Å². The van der Waals surface area contributed by atoms with Gasteiger partial charge in [-0.1, -0.05) is 0 Å². The second kappa shape index (κ2) is 5.98. The number of pyridine rings is 1.